The maximum Gasteiger partial charge on any atom is 0.413 e. The number of carboxylic acid groups (broad SMARTS) is 1. The van der Waals surface area contributed by atoms with Crippen molar-refractivity contribution in [3.63, 3.8) is 0 Å². The number of rotatable bonds is 4. The highest BCUT2D eigenvalue weighted by molar-refractivity contribution is 5.92. The van der Waals surface area contributed by atoms with Crippen LogP contribution in [0.25, 0.3) is 21.9 Å². The second-order valence-electron chi connectivity index (χ2n) is 6.96. The number of pyridine rings is 2. The summed E-state index contributed by atoms with van der Waals surface area (Å²) in [4.78, 5) is 21.2. The van der Waals surface area contributed by atoms with Crippen LogP contribution in [0.1, 0.15) is 18.4 Å². The van der Waals surface area contributed by atoms with Crippen LogP contribution in [0, 0.1) is 18.7 Å². The highest BCUT2D eigenvalue weighted by Crippen LogP contribution is 2.34. The summed E-state index contributed by atoms with van der Waals surface area (Å²) in [6.45, 7) is 2.25. The SMILES string of the molecule is Cc1c(N)cncc1-c1cc2cc(N(CC3CC3)C(=O)O)ncc2cc1F. The van der Waals surface area contributed by atoms with Crippen molar-refractivity contribution in [1.29, 1.82) is 0 Å². The molecule has 0 bridgehead atoms. The monoisotopic (exact) mass is 366 g/mol. The van der Waals surface area contributed by atoms with E-state index in [-0.39, 0.29) is 0 Å². The molecule has 4 rings (SSSR count). The number of carbonyl (C=O) groups is 1. The first-order valence-corrected chi connectivity index (χ1v) is 8.74. The van der Waals surface area contributed by atoms with Crippen molar-refractivity contribution >= 4 is 28.4 Å². The number of nitrogens with two attached hydrogens (primary N) is 1. The van der Waals surface area contributed by atoms with Crippen molar-refractivity contribution in [3.05, 3.63) is 48.2 Å². The maximum atomic E-state index is 14.7. The Labute approximate surface area is 155 Å². The molecule has 138 valence electrons. The van der Waals surface area contributed by atoms with Gasteiger partial charge in [-0.2, -0.15) is 0 Å². The first-order valence-electron chi connectivity index (χ1n) is 8.74. The van der Waals surface area contributed by atoms with Crippen LogP contribution in [0.2, 0.25) is 0 Å². The summed E-state index contributed by atoms with van der Waals surface area (Å²) in [6.07, 6.45) is 5.65. The van der Waals surface area contributed by atoms with Crippen LogP contribution < -0.4 is 10.6 Å². The first kappa shape index (κ1) is 17.2. The molecule has 6 nitrogen and oxygen atoms in total. The molecule has 2 aromatic heterocycles. The van der Waals surface area contributed by atoms with Gasteiger partial charge in [0, 0.05) is 35.5 Å². The molecule has 1 saturated carbocycles. The number of anilines is 2. The summed E-state index contributed by atoms with van der Waals surface area (Å²) in [5.74, 6) is 0.339. The van der Waals surface area contributed by atoms with E-state index >= 15 is 0 Å². The van der Waals surface area contributed by atoms with Gasteiger partial charge >= 0.3 is 6.09 Å². The minimum absolute atomic E-state index is 0.349. The molecule has 3 N–H and O–H groups in total. The zero-order chi connectivity index (χ0) is 19.1. The fourth-order valence-corrected chi connectivity index (χ4v) is 3.15. The van der Waals surface area contributed by atoms with Gasteiger partial charge in [0.25, 0.3) is 0 Å². The molecule has 27 heavy (non-hydrogen) atoms. The Morgan fingerprint density at radius 1 is 1.22 bits per heavy atom. The molecule has 1 aromatic carbocycles. The van der Waals surface area contributed by atoms with Gasteiger partial charge in [0.15, 0.2) is 0 Å². The first-order chi connectivity index (χ1) is 12.9. The molecule has 0 spiro atoms. The average Bonchev–Trinajstić information content (AvgIpc) is 3.45. The highest BCUT2D eigenvalue weighted by Gasteiger charge is 2.28. The van der Waals surface area contributed by atoms with Gasteiger partial charge in [-0.15, -0.1) is 0 Å². The molecule has 0 atom stereocenters. The summed E-state index contributed by atoms with van der Waals surface area (Å²) >= 11 is 0. The lowest BCUT2D eigenvalue weighted by Crippen LogP contribution is -2.31. The molecule has 0 aliphatic heterocycles. The van der Waals surface area contributed by atoms with Crippen LogP contribution in [0.15, 0.2) is 36.8 Å². The van der Waals surface area contributed by atoms with E-state index in [1.807, 2.05) is 6.92 Å². The number of nitrogens with zero attached hydrogens (tertiary/aromatic N) is 3. The molecule has 3 aromatic rings. The van der Waals surface area contributed by atoms with E-state index in [1.165, 1.54) is 23.4 Å². The van der Waals surface area contributed by atoms with Crippen LogP contribution in [-0.4, -0.2) is 27.7 Å². The van der Waals surface area contributed by atoms with Gasteiger partial charge in [-0.05, 0) is 54.8 Å². The lowest BCUT2D eigenvalue weighted by atomic mass is 9.98. The molecule has 1 aliphatic rings. The predicted octanol–water partition coefficient (Wildman–Crippen LogP) is 4.22. The quantitative estimate of drug-likeness (QED) is 0.721. The third-order valence-electron chi connectivity index (χ3n) is 4.98. The van der Waals surface area contributed by atoms with Crippen molar-refractivity contribution in [2.45, 2.75) is 19.8 Å². The van der Waals surface area contributed by atoms with Crippen molar-refractivity contribution in [3.8, 4) is 11.1 Å². The van der Waals surface area contributed by atoms with E-state index in [2.05, 4.69) is 9.97 Å². The summed E-state index contributed by atoms with van der Waals surface area (Å²) in [5, 5.41) is 10.8. The molecule has 1 aliphatic carbocycles. The molecule has 2 heterocycles. The normalized spacial score (nSPS) is 13.7. The van der Waals surface area contributed by atoms with Gasteiger partial charge in [0.1, 0.15) is 11.6 Å². The number of amides is 1. The van der Waals surface area contributed by atoms with Crippen molar-refractivity contribution in [1.82, 2.24) is 9.97 Å². The van der Waals surface area contributed by atoms with Crippen LogP contribution >= 0.6 is 0 Å². The standard InChI is InChI=1S/C20H19FN4O2/c1-11-16(8-23-9-18(11)22)15-4-13-6-19(24-7-14(13)5-17(15)21)25(20(26)27)10-12-2-3-12/h4-9,12H,2-3,10,22H2,1H3,(H,26,27). The van der Waals surface area contributed by atoms with Gasteiger partial charge in [0.05, 0.1) is 11.9 Å². The summed E-state index contributed by atoms with van der Waals surface area (Å²) in [7, 11) is 0. The molecular formula is C20H19FN4O2. The number of hydrogen-bond donors (Lipinski definition) is 2. The smallest absolute Gasteiger partial charge is 0.413 e. The maximum absolute atomic E-state index is 14.7. The van der Waals surface area contributed by atoms with Gasteiger partial charge in [-0.25, -0.2) is 14.2 Å². The van der Waals surface area contributed by atoms with Crippen LogP contribution in [-0.2, 0) is 0 Å². The average molecular weight is 366 g/mol. The number of hydrogen-bond acceptors (Lipinski definition) is 4. The minimum Gasteiger partial charge on any atom is -0.465 e. The summed E-state index contributed by atoms with van der Waals surface area (Å²) in [6, 6.07) is 4.77. The number of nitrogen functional groups attached to an aromatic ring is 1. The largest absolute Gasteiger partial charge is 0.465 e. The summed E-state index contributed by atoms with van der Waals surface area (Å²) in [5.41, 5.74) is 8.13. The molecule has 0 unspecified atom stereocenters. The highest BCUT2D eigenvalue weighted by atomic mass is 19.1. The molecule has 7 heteroatoms. The van der Waals surface area contributed by atoms with Gasteiger partial charge in [-0.1, -0.05) is 0 Å². The fourth-order valence-electron chi connectivity index (χ4n) is 3.15. The van der Waals surface area contributed by atoms with Crippen molar-refractivity contribution in [2.24, 2.45) is 5.92 Å². The number of benzene rings is 1. The van der Waals surface area contributed by atoms with Crippen LogP contribution in [0.5, 0.6) is 0 Å². The number of aromatic nitrogens is 2. The molecule has 1 fully saturated rings. The lowest BCUT2D eigenvalue weighted by molar-refractivity contribution is 0.201. The van der Waals surface area contributed by atoms with Crippen molar-refractivity contribution in [2.75, 3.05) is 17.2 Å². The molecule has 1 amide bonds. The Kier molecular flexibility index (Phi) is 4.14. The fraction of sp³-hybridized carbons (Fsp3) is 0.250. The molecular weight excluding hydrogens is 347 g/mol. The van der Waals surface area contributed by atoms with Crippen molar-refractivity contribution < 1.29 is 14.3 Å². The third-order valence-corrected chi connectivity index (χ3v) is 4.98. The van der Waals surface area contributed by atoms with E-state index in [0.717, 1.165) is 18.4 Å². The van der Waals surface area contributed by atoms with E-state index in [1.54, 1.807) is 18.3 Å². The van der Waals surface area contributed by atoms with E-state index < -0.39 is 11.9 Å². The van der Waals surface area contributed by atoms with Gasteiger partial charge in [-0.3, -0.25) is 9.88 Å². The molecule has 0 radical (unpaired) electrons. The zero-order valence-electron chi connectivity index (χ0n) is 14.8. The molecule has 0 saturated heterocycles. The van der Waals surface area contributed by atoms with E-state index in [0.29, 0.717) is 45.9 Å². The van der Waals surface area contributed by atoms with E-state index in [4.69, 9.17) is 5.73 Å². The Balaban J connectivity index is 1.82. The second-order valence-corrected chi connectivity index (χ2v) is 6.96. The topological polar surface area (TPSA) is 92.3 Å². The lowest BCUT2D eigenvalue weighted by Gasteiger charge is -2.18. The van der Waals surface area contributed by atoms with Gasteiger partial charge < -0.3 is 10.8 Å². The van der Waals surface area contributed by atoms with Crippen LogP contribution in [0.4, 0.5) is 20.7 Å². The minimum atomic E-state index is -1.04. The van der Waals surface area contributed by atoms with Gasteiger partial charge in [0.2, 0.25) is 0 Å². The second kappa shape index (κ2) is 6.50. The summed E-state index contributed by atoms with van der Waals surface area (Å²) < 4.78 is 14.7. The van der Waals surface area contributed by atoms with Crippen LogP contribution in [0.3, 0.4) is 0 Å². The number of fused-ring (bicyclic) bond motifs is 1. The Hall–Kier alpha value is -3.22. The third kappa shape index (κ3) is 3.28. The zero-order valence-corrected chi connectivity index (χ0v) is 14.8. The Bertz CT molecular complexity index is 1050. The number of halogens is 1. The van der Waals surface area contributed by atoms with E-state index in [9.17, 15) is 14.3 Å². The Morgan fingerprint density at radius 2 is 2.00 bits per heavy atom. The predicted molar refractivity (Wildman–Crippen MR) is 102 cm³/mol. The Morgan fingerprint density at radius 3 is 2.70 bits per heavy atom.